The Morgan fingerprint density at radius 2 is 2.11 bits per heavy atom. The van der Waals surface area contributed by atoms with Crippen molar-refractivity contribution in [2.75, 3.05) is 19.0 Å². The lowest BCUT2D eigenvalue weighted by atomic mass is 10.2. The average Bonchev–Trinajstić information content (AvgIpc) is 2.37. The summed E-state index contributed by atoms with van der Waals surface area (Å²) < 4.78 is 10.2. The molecular formula is C13H14BrNO4. The van der Waals surface area contributed by atoms with E-state index in [1.807, 2.05) is 6.92 Å². The SMILES string of the molecule is CCOC=CC(=O)Nc1cc(Br)cc(C(=O)OC)c1. The highest BCUT2D eigenvalue weighted by Crippen LogP contribution is 2.20. The van der Waals surface area contributed by atoms with Crippen molar-refractivity contribution in [2.24, 2.45) is 0 Å². The van der Waals surface area contributed by atoms with E-state index in [1.165, 1.54) is 25.5 Å². The molecule has 5 nitrogen and oxygen atoms in total. The molecule has 0 atom stereocenters. The van der Waals surface area contributed by atoms with E-state index in [9.17, 15) is 9.59 Å². The first-order chi connectivity index (χ1) is 9.06. The number of hydrogen-bond acceptors (Lipinski definition) is 4. The number of nitrogens with one attached hydrogen (secondary N) is 1. The molecule has 0 aromatic heterocycles. The van der Waals surface area contributed by atoms with E-state index >= 15 is 0 Å². The van der Waals surface area contributed by atoms with Crippen molar-refractivity contribution < 1.29 is 19.1 Å². The van der Waals surface area contributed by atoms with Crippen molar-refractivity contribution in [1.82, 2.24) is 0 Å². The highest BCUT2D eigenvalue weighted by Gasteiger charge is 2.09. The van der Waals surface area contributed by atoms with Gasteiger partial charge in [0.15, 0.2) is 0 Å². The van der Waals surface area contributed by atoms with Crippen LogP contribution in [0.15, 0.2) is 35.0 Å². The van der Waals surface area contributed by atoms with Crippen LogP contribution in [0.4, 0.5) is 5.69 Å². The Morgan fingerprint density at radius 3 is 2.74 bits per heavy atom. The molecule has 0 spiro atoms. The maximum atomic E-state index is 11.5. The Bertz CT molecular complexity index is 499. The lowest BCUT2D eigenvalue weighted by Gasteiger charge is -2.06. The van der Waals surface area contributed by atoms with Gasteiger partial charge in [0.2, 0.25) is 0 Å². The second kappa shape index (κ2) is 7.58. The summed E-state index contributed by atoms with van der Waals surface area (Å²) in [6.45, 7) is 2.31. The number of benzene rings is 1. The van der Waals surface area contributed by atoms with Crippen molar-refractivity contribution in [1.29, 1.82) is 0 Å². The molecule has 1 rings (SSSR count). The van der Waals surface area contributed by atoms with Crippen LogP contribution in [-0.2, 0) is 14.3 Å². The predicted molar refractivity (Wildman–Crippen MR) is 74.9 cm³/mol. The van der Waals surface area contributed by atoms with Crippen molar-refractivity contribution in [2.45, 2.75) is 6.92 Å². The first-order valence-electron chi connectivity index (χ1n) is 5.55. The van der Waals surface area contributed by atoms with Crippen LogP contribution in [0.25, 0.3) is 0 Å². The number of amides is 1. The molecule has 0 aliphatic rings. The molecule has 102 valence electrons. The molecule has 0 saturated carbocycles. The topological polar surface area (TPSA) is 64.6 Å². The molecule has 0 radical (unpaired) electrons. The fourth-order valence-corrected chi connectivity index (χ4v) is 1.78. The Kier molecular flexibility index (Phi) is 6.08. The minimum absolute atomic E-state index is 0.345. The predicted octanol–water partition coefficient (Wildman–Crippen LogP) is 2.72. The van der Waals surface area contributed by atoms with Gasteiger partial charge in [0.1, 0.15) is 0 Å². The second-order valence-electron chi connectivity index (χ2n) is 3.47. The molecule has 19 heavy (non-hydrogen) atoms. The monoisotopic (exact) mass is 327 g/mol. The molecule has 0 fully saturated rings. The quantitative estimate of drug-likeness (QED) is 0.513. The largest absolute Gasteiger partial charge is 0.501 e. The molecule has 1 aromatic rings. The van der Waals surface area contributed by atoms with E-state index in [1.54, 1.807) is 12.1 Å². The summed E-state index contributed by atoms with van der Waals surface area (Å²) in [5, 5.41) is 2.62. The van der Waals surface area contributed by atoms with Gasteiger partial charge in [-0.1, -0.05) is 15.9 Å². The molecule has 0 bridgehead atoms. The zero-order valence-corrected chi connectivity index (χ0v) is 12.2. The van der Waals surface area contributed by atoms with Gasteiger partial charge in [-0.05, 0) is 25.1 Å². The molecule has 0 heterocycles. The van der Waals surface area contributed by atoms with Crippen LogP contribution in [0.3, 0.4) is 0 Å². The van der Waals surface area contributed by atoms with Gasteiger partial charge in [-0.3, -0.25) is 4.79 Å². The number of halogens is 1. The second-order valence-corrected chi connectivity index (χ2v) is 4.38. The van der Waals surface area contributed by atoms with Gasteiger partial charge >= 0.3 is 5.97 Å². The Balaban J connectivity index is 2.81. The number of rotatable bonds is 5. The van der Waals surface area contributed by atoms with E-state index in [0.29, 0.717) is 22.3 Å². The summed E-state index contributed by atoms with van der Waals surface area (Å²) in [4.78, 5) is 23.0. The normalized spacial score (nSPS) is 10.3. The fraction of sp³-hybridized carbons (Fsp3) is 0.231. The van der Waals surface area contributed by atoms with Crippen LogP contribution >= 0.6 is 15.9 Å². The number of hydrogen-bond donors (Lipinski definition) is 1. The van der Waals surface area contributed by atoms with E-state index in [0.717, 1.165) is 0 Å². The summed E-state index contributed by atoms with van der Waals surface area (Å²) in [7, 11) is 1.30. The maximum Gasteiger partial charge on any atom is 0.337 e. The molecule has 1 N–H and O–H groups in total. The van der Waals surface area contributed by atoms with Crippen LogP contribution < -0.4 is 5.32 Å². The van der Waals surface area contributed by atoms with E-state index in [2.05, 4.69) is 26.0 Å². The van der Waals surface area contributed by atoms with Crippen molar-refractivity contribution in [3.63, 3.8) is 0 Å². The number of ether oxygens (including phenoxy) is 2. The highest BCUT2D eigenvalue weighted by molar-refractivity contribution is 9.10. The Labute approximate surface area is 119 Å². The number of esters is 1. The zero-order chi connectivity index (χ0) is 14.3. The average molecular weight is 328 g/mol. The molecule has 0 aliphatic heterocycles. The number of methoxy groups -OCH3 is 1. The Morgan fingerprint density at radius 1 is 1.37 bits per heavy atom. The Hall–Kier alpha value is -1.82. The van der Waals surface area contributed by atoms with Gasteiger partial charge in [-0.15, -0.1) is 0 Å². The molecule has 1 amide bonds. The van der Waals surface area contributed by atoms with Gasteiger partial charge < -0.3 is 14.8 Å². The standard InChI is InChI=1S/C13H14BrNO4/c1-3-19-5-4-12(16)15-11-7-9(13(17)18-2)6-10(14)8-11/h4-8H,3H2,1-2H3,(H,15,16). The summed E-state index contributed by atoms with van der Waals surface area (Å²) in [5.41, 5.74) is 0.835. The van der Waals surface area contributed by atoms with Gasteiger partial charge in [0, 0.05) is 16.2 Å². The number of anilines is 1. The van der Waals surface area contributed by atoms with E-state index < -0.39 is 5.97 Å². The lowest BCUT2D eigenvalue weighted by molar-refractivity contribution is -0.112. The first kappa shape index (κ1) is 15.2. The van der Waals surface area contributed by atoms with Crippen molar-refractivity contribution >= 4 is 33.5 Å². The summed E-state index contributed by atoms with van der Waals surface area (Å²) in [6, 6.07) is 4.82. The molecule has 6 heteroatoms. The van der Waals surface area contributed by atoms with Crippen molar-refractivity contribution in [3.8, 4) is 0 Å². The molecule has 0 unspecified atom stereocenters. The maximum absolute atomic E-state index is 11.5. The minimum atomic E-state index is -0.471. The summed E-state index contributed by atoms with van der Waals surface area (Å²) in [6.07, 6.45) is 2.58. The third kappa shape index (κ3) is 5.13. The smallest absolute Gasteiger partial charge is 0.337 e. The van der Waals surface area contributed by atoms with E-state index in [4.69, 9.17) is 4.74 Å². The first-order valence-corrected chi connectivity index (χ1v) is 6.34. The van der Waals surface area contributed by atoms with Crippen LogP contribution in [0, 0.1) is 0 Å². The zero-order valence-electron chi connectivity index (χ0n) is 10.6. The van der Waals surface area contributed by atoms with Crippen molar-refractivity contribution in [3.05, 3.63) is 40.6 Å². The minimum Gasteiger partial charge on any atom is -0.501 e. The third-order valence-electron chi connectivity index (χ3n) is 2.07. The summed E-state index contributed by atoms with van der Waals surface area (Å²) >= 11 is 3.26. The highest BCUT2D eigenvalue weighted by atomic mass is 79.9. The lowest BCUT2D eigenvalue weighted by Crippen LogP contribution is -2.09. The fourth-order valence-electron chi connectivity index (χ4n) is 1.29. The number of carbonyl (C=O) groups excluding carboxylic acids is 2. The van der Waals surface area contributed by atoms with Crippen LogP contribution in [0.1, 0.15) is 17.3 Å². The third-order valence-corrected chi connectivity index (χ3v) is 2.53. The van der Waals surface area contributed by atoms with Crippen LogP contribution in [-0.4, -0.2) is 25.6 Å². The van der Waals surface area contributed by atoms with Gasteiger partial charge in [-0.2, -0.15) is 0 Å². The molecule has 1 aromatic carbocycles. The molecule has 0 saturated heterocycles. The number of carbonyl (C=O) groups is 2. The van der Waals surface area contributed by atoms with Crippen LogP contribution in [0.5, 0.6) is 0 Å². The van der Waals surface area contributed by atoms with Gasteiger partial charge in [0.05, 0.1) is 25.5 Å². The summed E-state index contributed by atoms with van der Waals surface area (Å²) in [5.74, 6) is -0.816. The van der Waals surface area contributed by atoms with Gasteiger partial charge in [0.25, 0.3) is 5.91 Å². The van der Waals surface area contributed by atoms with Crippen LogP contribution in [0.2, 0.25) is 0 Å². The molecule has 0 aliphatic carbocycles. The van der Waals surface area contributed by atoms with Gasteiger partial charge in [-0.25, -0.2) is 4.79 Å². The van der Waals surface area contributed by atoms with E-state index in [-0.39, 0.29) is 5.91 Å². The molecular weight excluding hydrogens is 314 g/mol.